The topological polar surface area (TPSA) is 94.7 Å². The third-order valence-electron chi connectivity index (χ3n) is 4.41. The third-order valence-corrected chi connectivity index (χ3v) is 4.71. The monoisotopic (exact) mass is 352 g/mol. The molecule has 0 aliphatic carbocycles. The minimum atomic E-state index is 0.544. The van der Waals surface area contributed by atoms with Crippen LogP contribution in [0.2, 0.25) is 5.02 Å². The van der Waals surface area contributed by atoms with Crippen LogP contribution in [0.4, 0.5) is 5.82 Å². The van der Waals surface area contributed by atoms with Gasteiger partial charge in [-0.05, 0) is 18.2 Å². The number of halogens is 1. The van der Waals surface area contributed by atoms with Crippen molar-refractivity contribution < 1.29 is 0 Å². The maximum Gasteiger partial charge on any atom is 0.140 e. The summed E-state index contributed by atoms with van der Waals surface area (Å²) in [4.78, 5) is 14.5. The Morgan fingerprint density at radius 2 is 2.16 bits per heavy atom. The van der Waals surface area contributed by atoms with E-state index >= 15 is 0 Å². The van der Waals surface area contributed by atoms with Gasteiger partial charge in [-0.2, -0.15) is 0 Å². The van der Waals surface area contributed by atoms with Gasteiger partial charge in [0.1, 0.15) is 11.6 Å². The second-order valence-corrected chi connectivity index (χ2v) is 6.40. The number of nitrogens with zero attached hydrogens (tertiary/aromatic N) is 3. The summed E-state index contributed by atoms with van der Waals surface area (Å²) in [6.45, 7) is 1.33. The van der Waals surface area contributed by atoms with Crippen LogP contribution in [0.15, 0.2) is 47.8 Å². The maximum absolute atomic E-state index is 7.51. The molecule has 1 aliphatic heterocycles. The van der Waals surface area contributed by atoms with Crippen molar-refractivity contribution >= 4 is 34.7 Å². The van der Waals surface area contributed by atoms with E-state index in [1.165, 1.54) is 6.21 Å². The molecule has 1 aromatic carbocycles. The highest BCUT2D eigenvalue weighted by atomic mass is 35.5. The molecule has 0 fully saturated rings. The van der Waals surface area contributed by atoms with Crippen molar-refractivity contribution in [1.82, 2.24) is 15.0 Å². The highest BCUT2D eigenvalue weighted by molar-refractivity contribution is 6.33. The number of anilines is 1. The summed E-state index contributed by atoms with van der Waals surface area (Å²) >= 11 is 6.37. The average Bonchev–Trinajstić information content (AvgIpc) is 3.06. The maximum atomic E-state index is 7.51. The first-order valence-electron chi connectivity index (χ1n) is 7.99. The molecule has 25 heavy (non-hydrogen) atoms. The van der Waals surface area contributed by atoms with E-state index < -0.39 is 0 Å². The summed E-state index contributed by atoms with van der Waals surface area (Å²) in [6, 6.07) is 9.79. The van der Waals surface area contributed by atoms with Gasteiger partial charge in [0.15, 0.2) is 0 Å². The van der Waals surface area contributed by atoms with Gasteiger partial charge in [-0.1, -0.05) is 23.7 Å². The minimum absolute atomic E-state index is 0.544. The molecular weight excluding hydrogens is 336 g/mol. The van der Waals surface area contributed by atoms with E-state index in [2.05, 4.69) is 19.9 Å². The van der Waals surface area contributed by atoms with Gasteiger partial charge in [0.25, 0.3) is 0 Å². The zero-order valence-electron chi connectivity index (χ0n) is 13.5. The number of fused-ring (bicyclic) bond motifs is 1. The van der Waals surface area contributed by atoms with Gasteiger partial charge >= 0.3 is 0 Å². The summed E-state index contributed by atoms with van der Waals surface area (Å²) in [6.07, 6.45) is 3.68. The van der Waals surface area contributed by atoms with E-state index in [0.29, 0.717) is 17.4 Å². The lowest BCUT2D eigenvalue weighted by molar-refractivity contribution is 0.757. The number of imidazole rings is 1. The molecule has 0 radical (unpaired) electrons. The Balaban J connectivity index is 1.73. The van der Waals surface area contributed by atoms with E-state index in [1.807, 2.05) is 30.3 Å². The Morgan fingerprint density at radius 1 is 1.32 bits per heavy atom. The first kappa shape index (κ1) is 15.7. The summed E-state index contributed by atoms with van der Waals surface area (Å²) in [5.41, 5.74) is 10.2. The number of nitrogens with one attached hydrogen (secondary N) is 2. The molecule has 4 rings (SSSR count). The van der Waals surface area contributed by atoms with Gasteiger partial charge in [0, 0.05) is 48.8 Å². The summed E-state index contributed by atoms with van der Waals surface area (Å²) < 4.78 is 0. The van der Waals surface area contributed by atoms with Crippen LogP contribution in [0.25, 0.3) is 22.4 Å². The number of para-hydroxylation sites is 2. The van der Waals surface area contributed by atoms with E-state index in [9.17, 15) is 0 Å². The molecule has 0 amide bonds. The van der Waals surface area contributed by atoms with Crippen LogP contribution in [0, 0.1) is 5.41 Å². The molecule has 6 nitrogen and oxygen atoms in total. The Hall–Kier alpha value is -2.86. The molecular formula is C18H17ClN6. The fraction of sp³-hybridized carbons (Fsp3) is 0.167. The summed E-state index contributed by atoms with van der Waals surface area (Å²) in [5, 5.41) is 8.05. The van der Waals surface area contributed by atoms with E-state index in [1.54, 1.807) is 6.20 Å². The lowest BCUT2D eigenvalue weighted by atomic mass is 10.1. The zero-order valence-corrected chi connectivity index (χ0v) is 14.2. The number of hydrogen-bond acceptors (Lipinski definition) is 5. The van der Waals surface area contributed by atoms with Crippen LogP contribution >= 0.6 is 11.6 Å². The molecule has 0 bridgehead atoms. The Labute approximate surface area is 149 Å². The number of benzene rings is 1. The van der Waals surface area contributed by atoms with Gasteiger partial charge < -0.3 is 21.0 Å². The second kappa shape index (κ2) is 6.22. The highest BCUT2D eigenvalue weighted by Gasteiger charge is 2.19. The molecule has 0 saturated carbocycles. The van der Waals surface area contributed by atoms with Crippen molar-refractivity contribution in [2.75, 3.05) is 18.0 Å². The molecule has 0 saturated heterocycles. The Bertz CT molecular complexity index is 957. The third kappa shape index (κ3) is 2.85. The SMILES string of the molecule is N=CC1=C(N)CCN(c2cc(-c3nc4ccccc4[nH]3)c(Cl)cn2)C1. The van der Waals surface area contributed by atoms with Gasteiger partial charge in [-0.15, -0.1) is 0 Å². The van der Waals surface area contributed by atoms with Crippen molar-refractivity contribution in [2.45, 2.75) is 6.42 Å². The van der Waals surface area contributed by atoms with Gasteiger partial charge in [0.05, 0.1) is 16.1 Å². The first-order chi connectivity index (χ1) is 12.2. The smallest absolute Gasteiger partial charge is 0.140 e. The van der Waals surface area contributed by atoms with Crippen molar-refractivity contribution in [1.29, 1.82) is 5.41 Å². The molecule has 0 spiro atoms. The zero-order chi connectivity index (χ0) is 17.4. The quantitative estimate of drug-likeness (QED) is 0.630. The fourth-order valence-electron chi connectivity index (χ4n) is 3.00. The van der Waals surface area contributed by atoms with Crippen molar-refractivity contribution in [3.05, 3.63) is 52.8 Å². The lowest BCUT2D eigenvalue weighted by Crippen LogP contribution is -2.34. The average molecular weight is 353 g/mol. The van der Waals surface area contributed by atoms with Gasteiger partial charge in [0.2, 0.25) is 0 Å². The molecule has 1 aliphatic rings. The number of nitrogens with two attached hydrogens (primary N) is 1. The molecule has 4 N–H and O–H groups in total. The molecule has 7 heteroatoms. The van der Waals surface area contributed by atoms with Crippen LogP contribution < -0.4 is 10.6 Å². The fourth-order valence-corrected chi connectivity index (χ4v) is 3.19. The molecule has 3 aromatic rings. The Morgan fingerprint density at radius 3 is 2.96 bits per heavy atom. The number of hydrogen-bond donors (Lipinski definition) is 3. The van der Waals surface area contributed by atoms with Crippen LogP contribution in [0.1, 0.15) is 6.42 Å². The van der Waals surface area contributed by atoms with E-state index in [0.717, 1.165) is 46.7 Å². The number of pyridine rings is 1. The number of aromatic amines is 1. The summed E-state index contributed by atoms with van der Waals surface area (Å²) in [5.74, 6) is 1.51. The van der Waals surface area contributed by atoms with Gasteiger partial charge in [-0.25, -0.2) is 9.97 Å². The van der Waals surface area contributed by atoms with Crippen molar-refractivity contribution in [2.24, 2.45) is 5.73 Å². The number of rotatable bonds is 3. The molecule has 3 heterocycles. The van der Waals surface area contributed by atoms with Gasteiger partial charge in [-0.3, -0.25) is 0 Å². The molecule has 2 aromatic heterocycles. The largest absolute Gasteiger partial charge is 0.402 e. The van der Waals surface area contributed by atoms with Crippen LogP contribution in [-0.2, 0) is 0 Å². The number of aromatic nitrogens is 3. The van der Waals surface area contributed by atoms with Crippen LogP contribution in [0.3, 0.4) is 0 Å². The molecule has 126 valence electrons. The molecule has 0 atom stereocenters. The van der Waals surface area contributed by atoms with Crippen molar-refractivity contribution in [3.8, 4) is 11.4 Å². The van der Waals surface area contributed by atoms with E-state index in [4.69, 9.17) is 22.7 Å². The first-order valence-corrected chi connectivity index (χ1v) is 8.37. The predicted molar refractivity (Wildman–Crippen MR) is 101 cm³/mol. The highest BCUT2D eigenvalue weighted by Crippen LogP contribution is 2.31. The normalized spacial score (nSPS) is 15.0. The Kier molecular flexibility index (Phi) is 3.89. The second-order valence-electron chi connectivity index (χ2n) is 5.99. The standard InChI is InChI=1S/C18H17ClN6/c19-13-9-22-17(25-6-5-14(21)11(8-20)10-25)7-12(13)18-23-15-3-1-2-4-16(15)24-18/h1-4,7-9,20H,5-6,10,21H2,(H,23,24). The van der Waals surface area contributed by atoms with Crippen molar-refractivity contribution in [3.63, 3.8) is 0 Å². The lowest BCUT2D eigenvalue weighted by Gasteiger charge is -2.29. The summed E-state index contributed by atoms with van der Waals surface area (Å²) in [7, 11) is 0. The molecule has 0 unspecified atom stereocenters. The van der Waals surface area contributed by atoms with E-state index in [-0.39, 0.29) is 0 Å². The minimum Gasteiger partial charge on any atom is -0.402 e. The predicted octanol–water partition coefficient (Wildman–Crippen LogP) is 3.35. The van der Waals surface area contributed by atoms with Crippen LogP contribution in [-0.4, -0.2) is 34.3 Å². The number of H-pyrrole nitrogens is 1. The van der Waals surface area contributed by atoms with Crippen LogP contribution in [0.5, 0.6) is 0 Å².